The number of hydrogen-bond donors (Lipinski definition) is 1. The molecule has 1 aromatic carbocycles. The first-order valence-electron chi connectivity index (χ1n) is 20.2. The Bertz CT molecular complexity index is 1600. The van der Waals surface area contributed by atoms with E-state index in [-0.39, 0.29) is 60.1 Å². The maximum absolute atomic E-state index is 14.5. The summed E-state index contributed by atoms with van der Waals surface area (Å²) in [5.74, 6) is -2.05. The second kappa shape index (κ2) is 20.0. The van der Waals surface area contributed by atoms with Gasteiger partial charge in [-0.05, 0) is 75.8 Å². The number of ether oxygens (including phenoxy) is 2. The third kappa shape index (κ3) is 11.0. The van der Waals surface area contributed by atoms with E-state index in [0.29, 0.717) is 23.9 Å². The van der Waals surface area contributed by atoms with E-state index in [4.69, 9.17) is 9.47 Å². The van der Waals surface area contributed by atoms with E-state index in [2.05, 4.69) is 36.1 Å². The van der Waals surface area contributed by atoms with Crippen molar-refractivity contribution in [2.75, 3.05) is 21.2 Å². The second-order valence-electron chi connectivity index (χ2n) is 16.4. The lowest BCUT2D eigenvalue weighted by molar-refractivity contribution is -0.151. The molecule has 2 fully saturated rings. The molecule has 1 N–H and O–H groups in total. The summed E-state index contributed by atoms with van der Waals surface area (Å²) in [4.78, 5) is 75.9. The molecule has 0 radical (unpaired) electrons. The normalized spacial score (nSPS) is 21.7. The highest BCUT2D eigenvalue weighted by Gasteiger charge is 2.50. The van der Waals surface area contributed by atoms with Crippen LogP contribution in [0.5, 0.6) is 0 Å². The van der Waals surface area contributed by atoms with Crippen molar-refractivity contribution in [1.29, 1.82) is 0 Å². The number of thiazole rings is 1. The Labute approximate surface area is 332 Å². The van der Waals surface area contributed by atoms with Crippen LogP contribution in [-0.2, 0) is 35.1 Å². The first-order valence-corrected chi connectivity index (χ1v) is 21.1. The van der Waals surface area contributed by atoms with Gasteiger partial charge in [-0.25, -0.2) is 4.98 Å². The molecule has 0 saturated carbocycles. The highest BCUT2D eigenvalue weighted by atomic mass is 32.1. The lowest BCUT2D eigenvalue weighted by Gasteiger charge is -2.52. The predicted octanol–water partition coefficient (Wildman–Crippen LogP) is 7.19. The summed E-state index contributed by atoms with van der Waals surface area (Å²) in [7, 11) is 5.24. The number of ketones is 1. The van der Waals surface area contributed by atoms with Crippen molar-refractivity contribution in [3.8, 4) is 0 Å². The fourth-order valence-corrected chi connectivity index (χ4v) is 9.68. The molecule has 2 saturated heterocycles. The van der Waals surface area contributed by atoms with Crippen LogP contribution in [0.2, 0.25) is 0 Å². The number of esters is 2. The number of benzene rings is 1. The van der Waals surface area contributed by atoms with E-state index in [1.54, 1.807) is 24.3 Å². The number of rotatable bonds is 19. The topological polar surface area (TPSA) is 135 Å². The van der Waals surface area contributed by atoms with Crippen molar-refractivity contribution < 1.29 is 33.4 Å². The van der Waals surface area contributed by atoms with Gasteiger partial charge in [-0.15, -0.1) is 11.3 Å². The molecule has 3 heterocycles. The molecule has 4 rings (SSSR count). The van der Waals surface area contributed by atoms with Crippen LogP contribution in [0.15, 0.2) is 35.7 Å². The SMILES string of the molecule is CC[C@H](C)[C@H](CC(=O)C12CCCC(CCC1)N2C)C(=O)N(C)[C@H](C[C@@H](OC(C)=O)c1nc(C(=O)N[C@@H](Cc2ccccc2)C[C@H](C)C(=O)OC)cs1)C(C)C. The Kier molecular flexibility index (Phi) is 16.0. The van der Waals surface area contributed by atoms with Crippen molar-refractivity contribution >= 4 is 40.9 Å². The molecule has 2 aliphatic heterocycles. The van der Waals surface area contributed by atoms with Gasteiger partial charge in [0.25, 0.3) is 5.91 Å². The molecule has 304 valence electrons. The third-order valence-corrected chi connectivity index (χ3v) is 13.3. The van der Waals surface area contributed by atoms with E-state index in [1.807, 2.05) is 44.2 Å². The van der Waals surface area contributed by atoms with Crippen molar-refractivity contribution in [2.24, 2.45) is 23.7 Å². The minimum Gasteiger partial charge on any atom is -0.469 e. The summed E-state index contributed by atoms with van der Waals surface area (Å²) in [5.41, 5.74) is 0.708. The summed E-state index contributed by atoms with van der Waals surface area (Å²) < 4.78 is 10.8. The summed E-state index contributed by atoms with van der Waals surface area (Å²) in [5, 5.41) is 5.16. The Morgan fingerprint density at radius 2 is 1.69 bits per heavy atom. The smallest absolute Gasteiger partial charge is 0.308 e. The van der Waals surface area contributed by atoms with Gasteiger partial charge in [0, 0.05) is 56.2 Å². The van der Waals surface area contributed by atoms with Crippen molar-refractivity contribution in [3.05, 3.63) is 52.0 Å². The van der Waals surface area contributed by atoms with Crippen LogP contribution >= 0.6 is 11.3 Å². The van der Waals surface area contributed by atoms with E-state index in [9.17, 15) is 24.0 Å². The first kappa shape index (κ1) is 44.1. The average Bonchev–Trinajstić information content (AvgIpc) is 3.65. The van der Waals surface area contributed by atoms with Gasteiger partial charge in [-0.1, -0.05) is 71.4 Å². The molecule has 2 bridgehead atoms. The van der Waals surface area contributed by atoms with E-state index >= 15 is 0 Å². The third-order valence-electron chi connectivity index (χ3n) is 12.4. The van der Waals surface area contributed by atoms with Crippen LogP contribution in [0.4, 0.5) is 0 Å². The van der Waals surface area contributed by atoms with E-state index in [0.717, 1.165) is 50.5 Å². The van der Waals surface area contributed by atoms with Crippen molar-refractivity contribution in [1.82, 2.24) is 20.1 Å². The maximum Gasteiger partial charge on any atom is 0.308 e. The molecular formula is C43H64N4O7S. The minimum atomic E-state index is -0.802. The first-order chi connectivity index (χ1) is 26.1. The Morgan fingerprint density at radius 3 is 2.27 bits per heavy atom. The van der Waals surface area contributed by atoms with Crippen LogP contribution < -0.4 is 5.32 Å². The number of methoxy groups -OCH3 is 1. The highest BCUT2D eigenvalue weighted by molar-refractivity contribution is 7.09. The number of Topliss-reactive ketones (excluding diaryl/α,β-unsaturated/α-hetero) is 1. The van der Waals surface area contributed by atoms with Crippen LogP contribution in [0.3, 0.4) is 0 Å². The number of carbonyl (C=O) groups excluding carboxylic acids is 5. The number of likely N-dealkylation sites (N-methyl/N-ethyl adjacent to an activating group) is 1. The highest BCUT2D eigenvalue weighted by Crippen LogP contribution is 2.43. The molecule has 0 aliphatic carbocycles. The predicted molar refractivity (Wildman–Crippen MR) is 214 cm³/mol. The molecular weight excluding hydrogens is 717 g/mol. The average molecular weight is 781 g/mol. The van der Waals surface area contributed by atoms with Crippen LogP contribution in [-0.4, -0.2) is 89.2 Å². The molecule has 1 aromatic heterocycles. The Morgan fingerprint density at radius 1 is 1.04 bits per heavy atom. The Hall–Kier alpha value is -3.64. The summed E-state index contributed by atoms with van der Waals surface area (Å²) in [6.45, 7) is 11.3. The van der Waals surface area contributed by atoms with Gasteiger partial charge < -0.3 is 19.7 Å². The molecule has 6 atom stereocenters. The zero-order chi connectivity index (χ0) is 40.4. The summed E-state index contributed by atoms with van der Waals surface area (Å²) >= 11 is 1.23. The number of hydrogen-bond acceptors (Lipinski definition) is 10. The van der Waals surface area contributed by atoms with Gasteiger partial charge in [0.15, 0.2) is 11.9 Å². The van der Waals surface area contributed by atoms with Gasteiger partial charge in [0.2, 0.25) is 5.91 Å². The number of aromatic nitrogens is 1. The summed E-state index contributed by atoms with van der Waals surface area (Å²) in [6, 6.07) is 9.45. The van der Waals surface area contributed by atoms with Gasteiger partial charge >= 0.3 is 11.9 Å². The molecule has 11 nitrogen and oxygen atoms in total. The monoisotopic (exact) mass is 780 g/mol. The van der Waals surface area contributed by atoms with Gasteiger partial charge in [-0.3, -0.25) is 28.9 Å². The van der Waals surface area contributed by atoms with Gasteiger partial charge in [0.1, 0.15) is 10.7 Å². The standard InChI is InChI=1S/C43H64N4O7S/c1-10-28(4)34(24-38(49)43-20-14-18-33(47(43)8)19-15-21-43)41(51)46(7)36(27(2)3)25-37(54-30(6)48)40-45-35(26-55-40)39(50)44-32(22-29(5)42(52)53-9)23-31-16-12-11-13-17-31/h11-13,16-17,26-29,32-34,36-37H,10,14-15,18-25H2,1-9H3,(H,44,50)/t28-,29-,32+,33?,34-,36+,37+,43?/m0/s1. The Balaban J connectivity index is 1.53. The largest absolute Gasteiger partial charge is 0.469 e. The lowest BCUT2D eigenvalue weighted by atomic mass is 9.69. The minimum absolute atomic E-state index is 0.00187. The van der Waals surface area contributed by atoms with Crippen molar-refractivity contribution in [2.45, 2.75) is 142 Å². The number of amides is 2. The fourth-order valence-electron chi connectivity index (χ4n) is 8.84. The fraction of sp³-hybridized carbons (Fsp3) is 0.674. The molecule has 2 aromatic rings. The quantitative estimate of drug-likeness (QED) is 0.147. The number of fused-ring (bicyclic) bond motifs is 2. The van der Waals surface area contributed by atoms with Crippen LogP contribution in [0, 0.1) is 23.7 Å². The second-order valence-corrected chi connectivity index (χ2v) is 17.3. The van der Waals surface area contributed by atoms with Gasteiger partial charge in [0.05, 0.1) is 18.6 Å². The number of carbonyl (C=O) groups is 5. The molecule has 0 unspecified atom stereocenters. The van der Waals surface area contributed by atoms with E-state index in [1.165, 1.54) is 25.4 Å². The number of nitrogens with one attached hydrogen (secondary N) is 1. The van der Waals surface area contributed by atoms with Gasteiger partial charge in [-0.2, -0.15) is 0 Å². The maximum atomic E-state index is 14.5. The molecule has 12 heteroatoms. The number of nitrogens with zero attached hydrogens (tertiary/aromatic N) is 3. The van der Waals surface area contributed by atoms with Crippen LogP contribution in [0.25, 0.3) is 0 Å². The zero-order valence-corrected chi connectivity index (χ0v) is 35.3. The molecule has 2 amide bonds. The van der Waals surface area contributed by atoms with Crippen LogP contribution in [0.1, 0.15) is 133 Å². The molecule has 2 aliphatic rings. The molecule has 0 spiro atoms. The lowest BCUT2D eigenvalue weighted by Crippen LogP contribution is -2.62. The molecule has 55 heavy (non-hydrogen) atoms. The summed E-state index contributed by atoms with van der Waals surface area (Å²) in [6.07, 6.45) is 7.36. The number of piperidine rings is 2. The zero-order valence-electron chi connectivity index (χ0n) is 34.5. The van der Waals surface area contributed by atoms with E-state index < -0.39 is 35.4 Å². The van der Waals surface area contributed by atoms with Crippen molar-refractivity contribution in [3.63, 3.8) is 0 Å².